The number of aliphatic hydroxyl groups is 1. The molecule has 0 rings (SSSR count). The van der Waals surface area contributed by atoms with Gasteiger partial charge in [0, 0.05) is 19.4 Å². The second-order valence-corrected chi connectivity index (χ2v) is 15.2. The maximum Gasteiger partial charge on any atom is 0.305 e. The molecule has 51 heavy (non-hydrogen) atoms. The van der Waals surface area contributed by atoms with Crippen LogP contribution in [-0.4, -0.2) is 35.4 Å². The van der Waals surface area contributed by atoms with Crippen LogP contribution in [0.2, 0.25) is 0 Å². The first-order valence-corrected chi connectivity index (χ1v) is 23.0. The van der Waals surface area contributed by atoms with Crippen molar-refractivity contribution < 1.29 is 24.5 Å². The number of carboxylic acid groups (broad SMARTS) is 1. The van der Waals surface area contributed by atoms with Gasteiger partial charge in [0.2, 0.25) is 0 Å². The first-order valence-electron chi connectivity index (χ1n) is 23.0. The predicted molar refractivity (Wildman–Crippen MR) is 224 cm³/mol. The van der Waals surface area contributed by atoms with E-state index in [0.717, 1.165) is 44.9 Å². The minimum Gasteiger partial charge on any atom is -0.481 e. The molecule has 5 heteroatoms. The Morgan fingerprint density at radius 3 is 0.902 bits per heavy atom. The minimum absolute atomic E-state index is 0.00537. The Labute approximate surface area is 320 Å². The van der Waals surface area contributed by atoms with Gasteiger partial charge in [-0.1, -0.05) is 233 Å². The van der Waals surface area contributed by atoms with E-state index >= 15 is 0 Å². The highest BCUT2D eigenvalue weighted by atomic mass is 16.5. The number of aliphatic hydroxyl groups excluding tert-OH is 1. The van der Waals surface area contributed by atoms with E-state index in [-0.39, 0.29) is 5.97 Å². The molecule has 0 aromatic carbocycles. The van der Waals surface area contributed by atoms with Crippen LogP contribution in [0.15, 0.2) is 0 Å². The van der Waals surface area contributed by atoms with Gasteiger partial charge in [0.05, 0.1) is 6.61 Å². The molecule has 2 N–H and O–H groups in total. The van der Waals surface area contributed by atoms with Crippen LogP contribution in [0, 0.1) is 0 Å². The maximum absolute atomic E-state index is 11.5. The summed E-state index contributed by atoms with van der Waals surface area (Å²) in [5.74, 6) is -0.670. The predicted octanol–water partition coefficient (Wildman–Crippen LogP) is 15.5. The molecule has 5 nitrogen and oxygen atoms in total. The van der Waals surface area contributed by atoms with Crippen LogP contribution < -0.4 is 0 Å². The molecule has 0 aliphatic rings. The molecule has 0 fully saturated rings. The minimum atomic E-state index is -0.675. The number of rotatable bonds is 39. The molecule has 0 amide bonds. The van der Waals surface area contributed by atoms with Crippen LogP contribution in [-0.2, 0) is 14.3 Å². The number of hydrogen-bond donors (Lipinski definition) is 2. The molecule has 0 aliphatic carbocycles. The molecule has 0 unspecified atom stereocenters. The number of carbonyl (C=O) groups is 2. The van der Waals surface area contributed by atoms with E-state index < -0.39 is 5.97 Å². The number of unbranched alkanes of at least 4 members (excludes halogenated alkanes) is 32. The van der Waals surface area contributed by atoms with Crippen LogP contribution in [0.25, 0.3) is 0 Å². The normalized spacial score (nSPS) is 10.7. The summed E-state index contributed by atoms with van der Waals surface area (Å²) >= 11 is 0. The van der Waals surface area contributed by atoms with Gasteiger partial charge in [-0.3, -0.25) is 9.59 Å². The Balaban J connectivity index is -0.000000760. The van der Waals surface area contributed by atoms with Gasteiger partial charge < -0.3 is 14.9 Å². The maximum atomic E-state index is 11.5. The Morgan fingerprint density at radius 2 is 0.608 bits per heavy atom. The van der Waals surface area contributed by atoms with Gasteiger partial charge in [0.25, 0.3) is 0 Å². The summed E-state index contributed by atoms with van der Waals surface area (Å²) in [5.41, 5.74) is 0. The number of hydrogen-bond acceptors (Lipinski definition) is 4. The van der Waals surface area contributed by atoms with E-state index in [0.29, 0.717) is 26.1 Å². The Bertz CT molecular complexity index is 609. The molecule has 0 atom stereocenters. The van der Waals surface area contributed by atoms with Gasteiger partial charge in [-0.2, -0.15) is 0 Å². The topological polar surface area (TPSA) is 83.8 Å². The van der Waals surface area contributed by atoms with Crippen LogP contribution in [0.4, 0.5) is 0 Å². The summed E-state index contributed by atoms with van der Waals surface area (Å²) in [7, 11) is 0. The Hall–Kier alpha value is -1.10. The second kappa shape index (κ2) is 53.3. The quantitative estimate of drug-likeness (QED) is 0.0487. The monoisotopic (exact) mass is 727 g/mol. The smallest absolute Gasteiger partial charge is 0.305 e. The standard InChI is InChI=1S/C23H46O2.C16H34O.C7H14O2/c1-3-5-7-9-10-11-12-13-14-15-16-17-18-20-22-25-23(24)21-19-8-6-4-2;1-2-3-4-5-6-7-8-9-10-11-12-13-14-15-16-17;1-2-3-4-5-6-7(8)9/h3-22H2,1-2H3;17H,2-16H2,1H3;2-6H2,1H3,(H,8,9). The van der Waals surface area contributed by atoms with Crippen molar-refractivity contribution in [2.24, 2.45) is 0 Å². The fourth-order valence-corrected chi connectivity index (χ4v) is 6.26. The Morgan fingerprint density at radius 1 is 0.353 bits per heavy atom. The molecule has 0 spiro atoms. The lowest BCUT2D eigenvalue weighted by molar-refractivity contribution is -0.144. The summed E-state index contributed by atoms with van der Waals surface area (Å²) in [6.45, 7) is 9.86. The molecule has 0 saturated carbocycles. The molecule has 308 valence electrons. The van der Waals surface area contributed by atoms with Crippen molar-refractivity contribution in [3.05, 3.63) is 0 Å². The number of esters is 1. The van der Waals surface area contributed by atoms with Gasteiger partial charge in [-0.05, 0) is 25.7 Å². The molecular formula is C46H94O5. The molecule has 0 aliphatic heterocycles. The fourth-order valence-electron chi connectivity index (χ4n) is 6.26. The van der Waals surface area contributed by atoms with E-state index in [9.17, 15) is 9.59 Å². The first-order chi connectivity index (χ1) is 25.0. The summed E-state index contributed by atoms with van der Waals surface area (Å²) in [5, 5.41) is 16.9. The number of carboxylic acids is 1. The largest absolute Gasteiger partial charge is 0.481 e. The lowest BCUT2D eigenvalue weighted by Crippen LogP contribution is -2.05. The highest BCUT2D eigenvalue weighted by molar-refractivity contribution is 5.69. The molecular weight excluding hydrogens is 633 g/mol. The number of carbonyl (C=O) groups excluding carboxylic acids is 1. The third-order valence-electron chi connectivity index (χ3n) is 9.75. The zero-order chi connectivity index (χ0) is 38.1. The lowest BCUT2D eigenvalue weighted by atomic mass is 10.0. The molecule has 0 saturated heterocycles. The molecule has 0 heterocycles. The summed E-state index contributed by atoms with van der Waals surface area (Å²) < 4.78 is 5.29. The number of aliphatic carboxylic acids is 1. The fraction of sp³-hybridized carbons (Fsp3) is 0.957. The average molecular weight is 727 g/mol. The zero-order valence-electron chi connectivity index (χ0n) is 35.4. The van der Waals surface area contributed by atoms with Crippen molar-refractivity contribution in [3.8, 4) is 0 Å². The third-order valence-corrected chi connectivity index (χ3v) is 9.75. The van der Waals surface area contributed by atoms with Crippen LogP contribution >= 0.6 is 0 Å². The summed E-state index contributed by atoms with van der Waals surface area (Å²) in [4.78, 5) is 21.5. The average Bonchev–Trinajstić information content (AvgIpc) is 3.13. The lowest BCUT2D eigenvalue weighted by Gasteiger charge is -2.05. The van der Waals surface area contributed by atoms with Crippen molar-refractivity contribution in [1.29, 1.82) is 0 Å². The van der Waals surface area contributed by atoms with Gasteiger partial charge in [0.1, 0.15) is 0 Å². The van der Waals surface area contributed by atoms with E-state index in [1.54, 1.807) is 0 Å². The van der Waals surface area contributed by atoms with Gasteiger partial charge in [0.15, 0.2) is 0 Å². The van der Waals surface area contributed by atoms with Crippen LogP contribution in [0.1, 0.15) is 272 Å². The molecule has 0 aromatic rings. The Kier molecular flexibility index (Phi) is 56.6. The zero-order valence-corrected chi connectivity index (χ0v) is 35.4. The van der Waals surface area contributed by atoms with Gasteiger partial charge >= 0.3 is 11.9 Å². The SMILES string of the molecule is CCCCCCC(=O)O.CCCCCCCCCCCCCCCCO.CCCCCCCCCCCCCCCCOC(=O)CCCCCC. The van der Waals surface area contributed by atoms with Crippen molar-refractivity contribution >= 4 is 11.9 Å². The molecule has 0 bridgehead atoms. The van der Waals surface area contributed by atoms with E-state index in [1.807, 2.05) is 0 Å². The van der Waals surface area contributed by atoms with Crippen LogP contribution in [0.3, 0.4) is 0 Å². The second-order valence-electron chi connectivity index (χ2n) is 15.2. The highest BCUT2D eigenvalue weighted by Crippen LogP contribution is 2.14. The van der Waals surface area contributed by atoms with Gasteiger partial charge in [-0.15, -0.1) is 0 Å². The number of ether oxygens (including phenoxy) is 1. The van der Waals surface area contributed by atoms with Crippen molar-refractivity contribution in [2.75, 3.05) is 13.2 Å². The van der Waals surface area contributed by atoms with Crippen LogP contribution in [0.5, 0.6) is 0 Å². The third kappa shape index (κ3) is 61.3. The van der Waals surface area contributed by atoms with Crippen molar-refractivity contribution in [1.82, 2.24) is 0 Å². The molecule has 0 aromatic heterocycles. The van der Waals surface area contributed by atoms with Gasteiger partial charge in [-0.25, -0.2) is 0 Å². The highest BCUT2D eigenvalue weighted by Gasteiger charge is 2.02. The summed E-state index contributed by atoms with van der Waals surface area (Å²) in [6, 6.07) is 0. The van der Waals surface area contributed by atoms with E-state index in [2.05, 4.69) is 27.7 Å². The van der Waals surface area contributed by atoms with E-state index in [1.165, 1.54) is 186 Å². The first kappa shape index (κ1) is 54.2. The van der Waals surface area contributed by atoms with E-state index in [4.69, 9.17) is 14.9 Å². The van der Waals surface area contributed by atoms with Crippen molar-refractivity contribution in [2.45, 2.75) is 272 Å². The molecule has 0 radical (unpaired) electrons. The summed E-state index contributed by atoms with van der Waals surface area (Å²) in [6.07, 6.45) is 48.0. The van der Waals surface area contributed by atoms with Crippen molar-refractivity contribution in [3.63, 3.8) is 0 Å².